The lowest BCUT2D eigenvalue weighted by atomic mass is 9.98. The summed E-state index contributed by atoms with van der Waals surface area (Å²) < 4.78 is 0. The number of nitrogens with one attached hydrogen (secondary N) is 1. The van der Waals surface area contributed by atoms with Gasteiger partial charge in [0.2, 0.25) is 5.91 Å². The molecular weight excluding hydrogens is 316 g/mol. The third kappa shape index (κ3) is 3.64. The van der Waals surface area contributed by atoms with Crippen LogP contribution in [0.15, 0.2) is 30.6 Å². The van der Waals surface area contributed by atoms with Gasteiger partial charge in [0.05, 0.1) is 30.7 Å². The molecule has 1 aliphatic rings. The van der Waals surface area contributed by atoms with Crippen molar-refractivity contribution < 1.29 is 9.90 Å². The normalized spacial score (nSPS) is 15.2. The minimum absolute atomic E-state index is 0.0444. The third-order valence-corrected chi connectivity index (χ3v) is 4.69. The second-order valence-corrected chi connectivity index (χ2v) is 6.76. The number of benzene rings is 1. The number of hydrogen-bond donors (Lipinski definition) is 2. The smallest absolute Gasteiger partial charge is 0.227 e. The van der Waals surface area contributed by atoms with Gasteiger partial charge in [-0.3, -0.25) is 9.78 Å². The van der Waals surface area contributed by atoms with Gasteiger partial charge in [0.15, 0.2) is 0 Å². The van der Waals surface area contributed by atoms with Gasteiger partial charge in [0.25, 0.3) is 0 Å². The Hall–Kier alpha value is -2.47. The Morgan fingerprint density at radius 2 is 2.08 bits per heavy atom. The lowest BCUT2D eigenvalue weighted by molar-refractivity contribution is -0.118. The van der Waals surface area contributed by atoms with Gasteiger partial charge in [-0.25, -0.2) is 4.98 Å². The summed E-state index contributed by atoms with van der Waals surface area (Å²) in [6.45, 7) is 4.14. The summed E-state index contributed by atoms with van der Waals surface area (Å²) in [5.74, 6) is 1.08. The van der Waals surface area contributed by atoms with E-state index < -0.39 is 0 Å². The maximum atomic E-state index is 11.8. The van der Waals surface area contributed by atoms with Gasteiger partial charge >= 0.3 is 0 Å². The molecule has 0 saturated carbocycles. The monoisotopic (exact) mass is 340 g/mol. The number of aliphatic hydroxyl groups is 1. The zero-order valence-corrected chi connectivity index (χ0v) is 14.9. The van der Waals surface area contributed by atoms with Gasteiger partial charge in [-0.05, 0) is 30.0 Å². The van der Waals surface area contributed by atoms with E-state index in [9.17, 15) is 9.90 Å². The van der Waals surface area contributed by atoms with Crippen molar-refractivity contribution in [3.63, 3.8) is 0 Å². The van der Waals surface area contributed by atoms with Gasteiger partial charge in [-0.1, -0.05) is 19.9 Å². The molecule has 1 aliphatic heterocycles. The molecule has 2 aromatic rings. The summed E-state index contributed by atoms with van der Waals surface area (Å²) in [6, 6.07) is 5.95. The van der Waals surface area contributed by atoms with E-state index in [0.717, 1.165) is 28.9 Å². The highest BCUT2D eigenvalue weighted by Gasteiger charge is 2.21. The standard InChI is InChI=1S/C19H24N4O2/c1-12(2)16(11-24)22-18-10-20-9-15(21-18)13-4-6-17-14(8-13)5-7-19(25)23(17)3/h4,6,8-10,12,16,24H,5,7,11H2,1-3H3,(H,21,22)/t16-/m0/s1. The Bertz CT molecular complexity index is 776. The van der Waals surface area contributed by atoms with Crippen molar-refractivity contribution in [2.75, 3.05) is 23.9 Å². The van der Waals surface area contributed by atoms with Gasteiger partial charge in [-0.15, -0.1) is 0 Å². The number of carbonyl (C=O) groups excluding carboxylic acids is 1. The molecule has 1 atom stereocenters. The molecule has 1 amide bonds. The predicted octanol–water partition coefficient (Wildman–Crippen LogP) is 2.48. The van der Waals surface area contributed by atoms with Crippen LogP contribution in [-0.2, 0) is 11.2 Å². The number of amides is 1. The van der Waals surface area contributed by atoms with Crippen LogP contribution in [0, 0.1) is 5.92 Å². The summed E-state index contributed by atoms with van der Waals surface area (Å²) in [5.41, 5.74) is 3.85. The van der Waals surface area contributed by atoms with Crippen molar-refractivity contribution in [3.8, 4) is 11.3 Å². The van der Waals surface area contributed by atoms with E-state index in [1.807, 2.05) is 33.0 Å². The van der Waals surface area contributed by atoms with Crippen molar-refractivity contribution in [3.05, 3.63) is 36.2 Å². The zero-order chi connectivity index (χ0) is 18.0. The van der Waals surface area contributed by atoms with Crippen LogP contribution in [0.3, 0.4) is 0 Å². The Morgan fingerprint density at radius 3 is 2.80 bits per heavy atom. The van der Waals surface area contributed by atoms with Gasteiger partial charge in [-0.2, -0.15) is 0 Å². The molecular formula is C19H24N4O2. The summed E-state index contributed by atoms with van der Waals surface area (Å²) >= 11 is 0. The molecule has 0 aliphatic carbocycles. The first-order valence-corrected chi connectivity index (χ1v) is 8.59. The van der Waals surface area contributed by atoms with Gasteiger partial charge in [0, 0.05) is 24.7 Å². The minimum atomic E-state index is -0.0623. The summed E-state index contributed by atoms with van der Waals surface area (Å²) in [7, 11) is 1.81. The topological polar surface area (TPSA) is 78.3 Å². The molecule has 0 saturated heterocycles. The fourth-order valence-corrected chi connectivity index (χ4v) is 3.00. The molecule has 1 aromatic heterocycles. The van der Waals surface area contributed by atoms with Crippen LogP contribution < -0.4 is 10.2 Å². The van der Waals surface area contributed by atoms with Crippen molar-refractivity contribution in [1.29, 1.82) is 0 Å². The molecule has 0 radical (unpaired) electrons. The van der Waals surface area contributed by atoms with Crippen LogP contribution in [0.2, 0.25) is 0 Å². The van der Waals surface area contributed by atoms with Crippen LogP contribution in [-0.4, -0.2) is 40.7 Å². The van der Waals surface area contributed by atoms with Gasteiger partial charge in [0.1, 0.15) is 5.82 Å². The zero-order valence-electron chi connectivity index (χ0n) is 14.9. The first-order valence-electron chi connectivity index (χ1n) is 8.59. The van der Waals surface area contributed by atoms with E-state index >= 15 is 0 Å². The average Bonchev–Trinajstić information content (AvgIpc) is 2.62. The number of aromatic nitrogens is 2. The molecule has 2 heterocycles. The lowest BCUT2D eigenvalue weighted by Gasteiger charge is -2.26. The lowest BCUT2D eigenvalue weighted by Crippen LogP contribution is -2.31. The van der Waals surface area contributed by atoms with Crippen molar-refractivity contribution in [2.45, 2.75) is 32.7 Å². The van der Waals surface area contributed by atoms with Gasteiger partial charge < -0.3 is 15.3 Å². The molecule has 6 nitrogen and oxygen atoms in total. The van der Waals surface area contributed by atoms with Crippen LogP contribution in [0.25, 0.3) is 11.3 Å². The molecule has 0 unspecified atom stereocenters. The molecule has 0 bridgehead atoms. The highest BCUT2D eigenvalue weighted by atomic mass is 16.3. The van der Waals surface area contributed by atoms with Crippen LogP contribution in [0.4, 0.5) is 11.5 Å². The van der Waals surface area contributed by atoms with E-state index in [1.165, 1.54) is 0 Å². The first-order chi connectivity index (χ1) is 12.0. The Labute approximate surface area is 147 Å². The maximum absolute atomic E-state index is 11.8. The number of anilines is 2. The van der Waals surface area contributed by atoms with E-state index in [1.54, 1.807) is 17.3 Å². The SMILES string of the molecule is CC(C)[C@H](CO)Nc1cncc(-c2ccc3c(c2)CCC(=O)N3C)n1. The van der Waals surface area contributed by atoms with E-state index in [4.69, 9.17) is 0 Å². The number of rotatable bonds is 5. The van der Waals surface area contributed by atoms with E-state index in [2.05, 4.69) is 21.4 Å². The fourth-order valence-electron chi connectivity index (χ4n) is 3.00. The number of nitrogens with zero attached hydrogens (tertiary/aromatic N) is 3. The molecule has 6 heteroatoms. The highest BCUT2D eigenvalue weighted by molar-refractivity contribution is 5.96. The molecule has 3 rings (SSSR count). The second kappa shape index (κ2) is 7.19. The predicted molar refractivity (Wildman–Crippen MR) is 98.5 cm³/mol. The Kier molecular flexibility index (Phi) is 4.99. The third-order valence-electron chi connectivity index (χ3n) is 4.69. The molecule has 1 aromatic carbocycles. The molecule has 25 heavy (non-hydrogen) atoms. The van der Waals surface area contributed by atoms with Crippen molar-refractivity contribution in [1.82, 2.24) is 9.97 Å². The van der Waals surface area contributed by atoms with Crippen molar-refractivity contribution in [2.24, 2.45) is 5.92 Å². The van der Waals surface area contributed by atoms with E-state index in [-0.39, 0.29) is 24.5 Å². The fraction of sp³-hybridized carbons (Fsp3) is 0.421. The number of hydrogen-bond acceptors (Lipinski definition) is 5. The van der Waals surface area contributed by atoms with Crippen LogP contribution in [0.1, 0.15) is 25.8 Å². The summed E-state index contributed by atoms with van der Waals surface area (Å²) in [4.78, 5) is 22.4. The quantitative estimate of drug-likeness (QED) is 0.874. The number of aliphatic hydroxyl groups excluding tert-OH is 1. The second-order valence-electron chi connectivity index (χ2n) is 6.76. The molecule has 0 spiro atoms. The first kappa shape index (κ1) is 17.4. The summed E-state index contributed by atoms with van der Waals surface area (Å²) in [6.07, 6.45) is 4.68. The Morgan fingerprint density at radius 1 is 1.28 bits per heavy atom. The number of fused-ring (bicyclic) bond motifs is 1. The summed E-state index contributed by atoms with van der Waals surface area (Å²) in [5, 5.41) is 12.7. The molecule has 0 fully saturated rings. The molecule has 2 N–H and O–H groups in total. The number of aryl methyl sites for hydroxylation is 1. The molecule has 132 valence electrons. The highest BCUT2D eigenvalue weighted by Crippen LogP contribution is 2.30. The minimum Gasteiger partial charge on any atom is -0.394 e. The maximum Gasteiger partial charge on any atom is 0.227 e. The Balaban J connectivity index is 1.88. The van der Waals surface area contributed by atoms with E-state index in [0.29, 0.717) is 12.2 Å². The largest absolute Gasteiger partial charge is 0.394 e. The van der Waals surface area contributed by atoms with Crippen LogP contribution in [0.5, 0.6) is 0 Å². The average molecular weight is 340 g/mol. The van der Waals surface area contributed by atoms with Crippen molar-refractivity contribution >= 4 is 17.4 Å². The number of carbonyl (C=O) groups is 1. The van der Waals surface area contributed by atoms with Crippen LogP contribution >= 0.6 is 0 Å².